The van der Waals surface area contributed by atoms with Crippen molar-refractivity contribution in [3.63, 3.8) is 0 Å². The van der Waals surface area contributed by atoms with Crippen molar-refractivity contribution >= 4 is 33.0 Å². The van der Waals surface area contributed by atoms with Crippen LogP contribution in [-0.4, -0.2) is 19.2 Å². The van der Waals surface area contributed by atoms with E-state index in [1.54, 1.807) is 30.3 Å². The number of carbonyl (C=O) groups excluding carboxylic acids is 1. The molecule has 0 atom stereocenters. The van der Waals surface area contributed by atoms with Gasteiger partial charge >= 0.3 is 0 Å². The van der Waals surface area contributed by atoms with Crippen LogP contribution < -0.4 is 10.0 Å². The molecular formula is C20H16FN3O5S. The van der Waals surface area contributed by atoms with Gasteiger partial charge in [0.1, 0.15) is 5.82 Å². The normalized spacial score (nSPS) is 11.0. The fourth-order valence-corrected chi connectivity index (χ4v) is 3.82. The van der Waals surface area contributed by atoms with Crippen LogP contribution in [0.2, 0.25) is 0 Å². The molecule has 8 nitrogen and oxygen atoms in total. The van der Waals surface area contributed by atoms with Gasteiger partial charge in [0.25, 0.3) is 21.6 Å². The third-order valence-corrected chi connectivity index (χ3v) is 5.64. The Balaban J connectivity index is 1.84. The molecule has 1 amide bonds. The van der Waals surface area contributed by atoms with Crippen molar-refractivity contribution in [2.45, 2.75) is 11.8 Å². The molecule has 0 saturated carbocycles. The molecule has 0 heterocycles. The van der Waals surface area contributed by atoms with E-state index in [0.717, 1.165) is 18.2 Å². The number of hydrogen-bond donors (Lipinski definition) is 2. The van der Waals surface area contributed by atoms with E-state index in [1.807, 2.05) is 0 Å². The SMILES string of the molecule is Cc1c(NS(=O)(=O)c2ccc(NC(=O)c3ccccc3)c(F)c2)cccc1[N+](=O)[O-]. The van der Waals surface area contributed by atoms with Crippen molar-refractivity contribution in [1.29, 1.82) is 0 Å². The van der Waals surface area contributed by atoms with E-state index in [0.29, 0.717) is 5.56 Å². The number of rotatable bonds is 6. The molecule has 30 heavy (non-hydrogen) atoms. The molecule has 0 aliphatic rings. The van der Waals surface area contributed by atoms with E-state index in [2.05, 4.69) is 10.0 Å². The van der Waals surface area contributed by atoms with Crippen LogP contribution >= 0.6 is 0 Å². The Morgan fingerprint density at radius 3 is 2.33 bits per heavy atom. The Bertz CT molecular complexity index is 1230. The van der Waals surface area contributed by atoms with Crippen molar-refractivity contribution in [2.75, 3.05) is 10.0 Å². The number of nitro benzene ring substituents is 1. The van der Waals surface area contributed by atoms with Crippen LogP contribution in [0.15, 0.2) is 71.6 Å². The fourth-order valence-electron chi connectivity index (χ4n) is 2.68. The quantitative estimate of drug-likeness (QED) is 0.452. The van der Waals surface area contributed by atoms with Gasteiger partial charge in [-0.3, -0.25) is 19.6 Å². The van der Waals surface area contributed by atoms with Gasteiger partial charge < -0.3 is 5.32 Å². The highest BCUT2D eigenvalue weighted by Gasteiger charge is 2.21. The van der Waals surface area contributed by atoms with Gasteiger partial charge in [0.05, 0.1) is 26.8 Å². The van der Waals surface area contributed by atoms with Crippen molar-refractivity contribution in [3.05, 3.63) is 93.8 Å². The van der Waals surface area contributed by atoms with Crippen molar-refractivity contribution in [3.8, 4) is 0 Å². The van der Waals surface area contributed by atoms with Crippen LogP contribution in [0.3, 0.4) is 0 Å². The van der Waals surface area contributed by atoms with Gasteiger partial charge in [0.15, 0.2) is 0 Å². The summed E-state index contributed by atoms with van der Waals surface area (Å²) in [7, 11) is -4.22. The number of sulfonamides is 1. The number of nitrogens with one attached hydrogen (secondary N) is 2. The summed E-state index contributed by atoms with van der Waals surface area (Å²) in [6.45, 7) is 1.40. The first-order valence-corrected chi connectivity index (χ1v) is 10.1. The molecule has 0 aliphatic carbocycles. The third kappa shape index (κ3) is 4.44. The summed E-state index contributed by atoms with van der Waals surface area (Å²) in [6, 6.07) is 15.1. The van der Waals surface area contributed by atoms with E-state index in [-0.39, 0.29) is 22.6 Å². The topological polar surface area (TPSA) is 118 Å². The van der Waals surface area contributed by atoms with Gasteiger partial charge in [-0.05, 0) is 43.3 Å². The highest BCUT2D eigenvalue weighted by molar-refractivity contribution is 7.92. The summed E-state index contributed by atoms with van der Waals surface area (Å²) in [4.78, 5) is 22.1. The van der Waals surface area contributed by atoms with Gasteiger partial charge in [0, 0.05) is 11.6 Å². The Kier molecular flexibility index (Phi) is 5.79. The average Bonchev–Trinajstić information content (AvgIpc) is 2.71. The fraction of sp³-hybridized carbons (Fsp3) is 0.0500. The maximum absolute atomic E-state index is 14.4. The minimum atomic E-state index is -4.22. The molecule has 0 unspecified atom stereocenters. The summed E-state index contributed by atoms with van der Waals surface area (Å²) in [6.07, 6.45) is 0. The number of halogens is 1. The molecule has 2 N–H and O–H groups in total. The van der Waals surface area contributed by atoms with E-state index in [1.165, 1.54) is 25.1 Å². The molecule has 0 radical (unpaired) electrons. The minimum absolute atomic E-state index is 0.00562. The van der Waals surface area contributed by atoms with Gasteiger partial charge in [-0.1, -0.05) is 24.3 Å². The number of nitrogens with zero attached hydrogens (tertiary/aromatic N) is 1. The maximum atomic E-state index is 14.4. The Hall–Kier alpha value is -3.79. The first-order valence-electron chi connectivity index (χ1n) is 8.62. The standard InChI is InChI=1S/C20H16FN3O5S/c1-13-17(8-5-9-19(13)24(26)27)23-30(28,29)15-10-11-18(16(21)12-15)22-20(25)14-6-3-2-4-7-14/h2-12,23H,1H3,(H,22,25). The number of anilines is 2. The number of amides is 1. The van der Waals surface area contributed by atoms with E-state index < -0.39 is 31.6 Å². The van der Waals surface area contributed by atoms with Gasteiger partial charge in [-0.15, -0.1) is 0 Å². The van der Waals surface area contributed by atoms with Crippen LogP contribution in [0.25, 0.3) is 0 Å². The zero-order valence-corrected chi connectivity index (χ0v) is 16.4. The third-order valence-electron chi connectivity index (χ3n) is 4.28. The summed E-state index contributed by atoms with van der Waals surface area (Å²) in [5.74, 6) is -1.49. The van der Waals surface area contributed by atoms with Crippen LogP contribution in [0.4, 0.5) is 21.5 Å². The Labute approximate surface area is 171 Å². The first-order chi connectivity index (χ1) is 14.2. The monoisotopic (exact) mass is 429 g/mol. The van der Waals surface area contributed by atoms with Crippen LogP contribution in [-0.2, 0) is 10.0 Å². The highest BCUT2D eigenvalue weighted by Crippen LogP contribution is 2.28. The molecule has 0 saturated heterocycles. The van der Waals surface area contributed by atoms with Crippen molar-refractivity contribution in [1.82, 2.24) is 0 Å². The van der Waals surface area contributed by atoms with E-state index in [4.69, 9.17) is 0 Å². The molecule has 0 aliphatic heterocycles. The van der Waals surface area contributed by atoms with Crippen molar-refractivity contribution < 1.29 is 22.5 Å². The predicted octanol–water partition coefficient (Wildman–Crippen LogP) is 4.10. The van der Waals surface area contributed by atoms with E-state index >= 15 is 0 Å². The molecular weight excluding hydrogens is 413 g/mol. The molecule has 0 bridgehead atoms. The molecule has 10 heteroatoms. The average molecular weight is 429 g/mol. The summed E-state index contributed by atoms with van der Waals surface area (Å²) >= 11 is 0. The molecule has 0 spiro atoms. The predicted molar refractivity (Wildman–Crippen MR) is 109 cm³/mol. The number of benzene rings is 3. The lowest BCUT2D eigenvalue weighted by Crippen LogP contribution is -2.16. The molecule has 3 aromatic carbocycles. The number of nitro groups is 1. The lowest BCUT2D eigenvalue weighted by atomic mass is 10.2. The Morgan fingerprint density at radius 2 is 1.70 bits per heavy atom. The lowest BCUT2D eigenvalue weighted by Gasteiger charge is -2.12. The van der Waals surface area contributed by atoms with Crippen molar-refractivity contribution in [2.24, 2.45) is 0 Å². The molecule has 154 valence electrons. The second kappa shape index (κ2) is 8.29. The van der Waals surface area contributed by atoms with Crippen LogP contribution in [0, 0.1) is 22.9 Å². The zero-order chi connectivity index (χ0) is 21.9. The summed E-state index contributed by atoms with van der Waals surface area (Å²) in [5.41, 5.74) is 0.00968. The second-order valence-corrected chi connectivity index (χ2v) is 7.96. The largest absolute Gasteiger partial charge is 0.319 e. The second-order valence-electron chi connectivity index (χ2n) is 6.27. The lowest BCUT2D eigenvalue weighted by molar-refractivity contribution is -0.385. The Morgan fingerprint density at radius 1 is 1.00 bits per heavy atom. The number of carbonyl (C=O) groups is 1. The first kappa shape index (κ1) is 20.9. The highest BCUT2D eigenvalue weighted by atomic mass is 32.2. The van der Waals surface area contributed by atoms with Gasteiger partial charge in [0.2, 0.25) is 0 Å². The summed E-state index contributed by atoms with van der Waals surface area (Å²) < 4.78 is 41.9. The maximum Gasteiger partial charge on any atom is 0.274 e. The van der Waals surface area contributed by atoms with Crippen LogP contribution in [0.1, 0.15) is 15.9 Å². The number of hydrogen-bond acceptors (Lipinski definition) is 5. The molecule has 0 aromatic heterocycles. The molecule has 0 fully saturated rings. The van der Waals surface area contributed by atoms with Gasteiger partial charge in [-0.2, -0.15) is 0 Å². The van der Waals surface area contributed by atoms with Crippen LogP contribution in [0.5, 0.6) is 0 Å². The zero-order valence-electron chi connectivity index (χ0n) is 15.6. The van der Waals surface area contributed by atoms with E-state index in [9.17, 15) is 27.7 Å². The summed E-state index contributed by atoms with van der Waals surface area (Å²) in [5, 5.41) is 13.4. The molecule has 3 rings (SSSR count). The smallest absolute Gasteiger partial charge is 0.274 e. The van der Waals surface area contributed by atoms with Gasteiger partial charge in [-0.25, -0.2) is 12.8 Å². The minimum Gasteiger partial charge on any atom is -0.319 e. The molecule has 3 aromatic rings.